The summed E-state index contributed by atoms with van der Waals surface area (Å²) in [6.07, 6.45) is 0. The van der Waals surface area contributed by atoms with Gasteiger partial charge in [-0.3, -0.25) is 4.79 Å². The Bertz CT molecular complexity index is 584. The summed E-state index contributed by atoms with van der Waals surface area (Å²) in [6.45, 7) is 4.03. The highest BCUT2D eigenvalue weighted by atomic mass is 32.1. The number of Topliss-reactive ketones (excluding diaryl/α,β-unsaturated/α-hetero) is 1. The third-order valence-corrected chi connectivity index (χ3v) is 3.92. The van der Waals surface area contributed by atoms with Crippen LogP contribution in [-0.2, 0) is 6.54 Å². The fourth-order valence-electron chi connectivity index (χ4n) is 1.71. The van der Waals surface area contributed by atoms with Gasteiger partial charge in [0.15, 0.2) is 5.69 Å². The predicted molar refractivity (Wildman–Crippen MR) is 68.1 cm³/mol. The van der Waals surface area contributed by atoms with Gasteiger partial charge >= 0.3 is 0 Å². The van der Waals surface area contributed by atoms with Crippen LogP contribution in [0.15, 0.2) is 23.7 Å². The molecule has 2 rings (SSSR count). The number of hydrogen-bond acceptors (Lipinski definition) is 4. The standard InChI is InChI=1S/C13H13NO3S/c1-8-9(2)18-7-14(8)6-12(17)13-10(15)4-3-5-11(13)16/h3-5,7H,6H2,1-2H3,(H-,15,16,17)/p+1. The molecule has 1 aromatic heterocycles. The molecule has 0 atom stereocenters. The van der Waals surface area contributed by atoms with Gasteiger partial charge in [0, 0.05) is 6.92 Å². The third-order valence-electron chi connectivity index (χ3n) is 2.91. The number of phenols is 2. The molecule has 0 saturated heterocycles. The van der Waals surface area contributed by atoms with Crippen molar-refractivity contribution in [3.05, 3.63) is 39.8 Å². The van der Waals surface area contributed by atoms with Crippen molar-refractivity contribution >= 4 is 17.1 Å². The van der Waals surface area contributed by atoms with Crippen LogP contribution >= 0.6 is 11.3 Å². The first-order chi connectivity index (χ1) is 8.50. The zero-order valence-electron chi connectivity index (χ0n) is 10.2. The Hall–Kier alpha value is -1.88. The minimum Gasteiger partial charge on any atom is -0.507 e. The first kappa shape index (κ1) is 12.6. The number of ketones is 1. The number of carbonyl (C=O) groups excluding carboxylic acids is 1. The van der Waals surface area contributed by atoms with Gasteiger partial charge in [-0.1, -0.05) is 17.4 Å². The smallest absolute Gasteiger partial charge is 0.235 e. The third kappa shape index (κ3) is 2.22. The van der Waals surface area contributed by atoms with E-state index in [0.29, 0.717) is 0 Å². The molecule has 0 unspecified atom stereocenters. The van der Waals surface area contributed by atoms with Crippen molar-refractivity contribution in [3.8, 4) is 11.5 Å². The molecule has 0 spiro atoms. The largest absolute Gasteiger partial charge is 0.507 e. The van der Waals surface area contributed by atoms with Gasteiger partial charge in [-0.15, -0.1) is 0 Å². The fraction of sp³-hybridized carbons (Fsp3) is 0.231. The van der Waals surface area contributed by atoms with E-state index in [0.717, 1.165) is 10.6 Å². The number of aromatic nitrogens is 1. The number of phenolic OH excluding ortho intramolecular Hbond substituents is 2. The summed E-state index contributed by atoms with van der Waals surface area (Å²) in [4.78, 5) is 13.2. The summed E-state index contributed by atoms with van der Waals surface area (Å²) in [5.41, 5.74) is 2.86. The van der Waals surface area contributed by atoms with E-state index < -0.39 is 0 Å². The maximum absolute atomic E-state index is 12.1. The maximum Gasteiger partial charge on any atom is 0.235 e. The van der Waals surface area contributed by atoms with E-state index in [1.165, 1.54) is 18.2 Å². The Morgan fingerprint density at radius 2 is 1.89 bits per heavy atom. The van der Waals surface area contributed by atoms with Crippen LogP contribution in [-0.4, -0.2) is 16.0 Å². The number of aryl methyl sites for hydroxylation is 1. The van der Waals surface area contributed by atoms with Crippen LogP contribution in [0.3, 0.4) is 0 Å². The molecule has 0 bridgehead atoms. The van der Waals surface area contributed by atoms with Gasteiger partial charge in [0.1, 0.15) is 17.1 Å². The quantitative estimate of drug-likeness (QED) is 0.658. The molecule has 18 heavy (non-hydrogen) atoms. The molecule has 94 valence electrons. The zero-order valence-corrected chi connectivity index (χ0v) is 11.0. The molecule has 2 N–H and O–H groups in total. The molecule has 0 aliphatic carbocycles. The average Bonchev–Trinajstić information content (AvgIpc) is 2.61. The minimum atomic E-state index is -0.309. The minimum absolute atomic E-state index is 0.0201. The average molecular weight is 264 g/mol. The number of carbonyl (C=O) groups is 1. The summed E-state index contributed by atoms with van der Waals surface area (Å²) < 4.78 is 1.81. The van der Waals surface area contributed by atoms with Crippen molar-refractivity contribution in [2.45, 2.75) is 20.4 Å². The molecule has 0 aliphatic rings. The Labute approximate surface area is 109 Å². The molecule has 2 aromatic rings. The van der Waals surface area contributed by atoms with Gasteiger partial charge in [-0.25, -0.2) is 0 Å². The molecule has 4 nitrogen and oxygen atoms in total. The normalized spacial score (nSPS) is 10.6. The lowest BCUT2D eigenvalue weighted by molar-refractivity contribution is -0.684. The number of thiazole rings is 1. The number of rotatable bonds is 3. The first-order valence-electron chi connectivity index (χ1n) is 5.49. The van der Waals surface area contributed by atoms with Crippen molar-refractivity contribution in [3.63, 3.8) is 0 Å². The second-order valence-electron chi connectivity index (χ2n) is 4.09. The van der Waals surface area contributed by atoms with Crippen LogP contribution in [0.4, 0.5) is 0 Å². The highest BCUT2D eigenvalue weighted by Gasteiger charge is 2.22. The van der Waals surface area contributed by atoms with Crippen molar-refractivity contribution in [2.75, 3.05) is 0 Å². The summed E-state index contributed by atoms with van der Waals surface area (Å²) in [7, 11) is 0. The van der Waals surface area contributed by atoms with Crippen LogP contribution in [0, 0.1) is 13.8 Å². The van der Waals surface area contributed by atoms with Crippen LogP contribution in [0.5, 0.6) is 11.5 Å². The van der Waals surface area contributed by atoms with E-state index in [1.807, 2.05) is 23.9 Å². The Kier molecular flexibility index (Phi) is 3.34. The number of hydrogen-bond donors (Lipinski definition) is 2. The molecular weight excluding hydrogens is 250 g/mol. The van der Waals surface area contributed by atoms with Gasteiger partial charge in [-0.05, 0) is 19.1 Å². The second kappa shape index (κ2) is 4.78. The zero-order chi connectivity index (χ0) is 13.3. The topological polar surface area (TPSA) is 61.4 Å². The van der Waals surface area contributed by atoms with Gasteiger partial charge < -0.3 is 10.2 Å². The molecule has 1 heterocycles. The molecule has 0 radical (unpaired) electrons. The van der Waals surface area contributed by atoms with Gasteiger partial charge in [0.25, 0.3) is 0 Å². The van der Waals surface area contributed by atoms with E-state index in [9.17, 15) is 15.0 Å². The van der Waals surface area contributed by atoms with Gasteiger partial charge in [0.2, 0.25) is 17.8 Å². The molecule has 5 heteroatoms. The van der Waals surface area contributed by atoms with Crippen molar-refractivity contribution in [2.24, 2.45) is 0 Å². The maximum atomic E-state index is 12.1. The van der Waals surface area contributed by atoms with Crippen LogP contribution in [0.2, 0.25) is 0 Å². The molecule has 1 aromatic carbocycles. The SMILES string of the molecule is Cc1sc[n+](CC(=O)c2c(O)cccc2O)c1C. The lowest BCUT2D eigenvalue weighted by atomic mass is 10.1. The number of nitrogens with zero attached hydrogens (tertiary/aromatic N) is 1. The summed E-state index contributed by atoms with van der Waals surface area (Å²) in [6, 6.07) is 4.28. The van der Waals surface area contributed by atoms with Crippen LogP contribution < -0.4 is 4.57 Å². The predicted octanol–water partition coefficient (Wildman–Crippen LogP) is 1.95. The van der Waals surface area contributed by atoms with E-state index in [1.54, 1.807) is 11.3 Å². The van der Waals surface area contributed by atoms with Crippen molar-refractivity contribution < 1.29 is 19.6 Å². The molecular formula is C13H14NO3S+. The lowest BCUT2D eigenvalue weighted by Crippen LogP contribution is -2.38. The Morgan fingerprint density at radius 1 is 1.28 bits per heavy atom. The summed E-state index contributed by atoms with van der Waals surface area (Å²) >= 11 is 1.56. The van der Waals surface area contributed by atoms with Crippen LogP contribution in [0.25, 0.3) is 0 Å². The lowest BCUT2D eigenvalue weighted by Gasteiger charge is -2.03. The first-order valence-corrected chi connectivity index (χ1v) is 6.37. The highest BCUT2D eigenvalue weighted by Crippen LogP contribution is 2.26. The van der Waals surface area contributed by atoms with E-state index in [2.05, 4.69) is 0 Å². The molecule has 0 saturated carbocycles. The van der Waals surface area contributed by atoms with Crippen molar-refractivity contribution in [1.82, 2.24) is 0 Å². The van der Waals surface area contributed by atoms with Crippen molar-refractivity contribution in [1.29, 1.82) is 0 Å². The second-order valence-corrected chi connectivity index (χ2v) is 5.15. The van der Waals surface area contributed by atoms with E-state index >= 15 is 0 Å². The summed E-state index contributed by atoms with van der Waals surface area (Å²) in [5, 5.41) is 19.3. The Balaban J connectivity index is 2.31. The Morgan fingerprint density at radius 3 is 2.39 bits per heavy atom. The molecule has 0 fully saturated rings. The van der Waals surface area contributed by atoms with Gasteiger partial charge in [-0.2, -0.15) is 4.57 Å². The van der Waals surface area contributed by atoms with Gasteiger partial charge in [0.05, 0.1) is 4.88 Å². The fourth-order valence-corrected chi connectivity index (χ4v) is 2.52. The number of benzene rings is 1. The van der Waals surface area contributed by atoms with Crippen LogP contribution in [0.1, 0.15) is 20.9 Å². The van der Waals surface area contributed by atoms with E-state index in [-0.39, 0.29) is 29.4 Å². The van der Waals surface area contributed by atoms with E-state index in [4.69, 9.17) is 0 Å². The highest BCUT2D eigenvalue weighted by molar-refractivity contribution is 7.09. The number of aromatic hydroxyl groups is 2. The molecule has 0 amide bonds. The monoisotopic (exact) mass is 264 g/mol. The molecule has 0 aliphatic heterocycles. The summed E-state index contributed by atoms with van der Waals surface area (Å²) in [5.74, 6) is -0.688.